The molecule has 0 radical (unpaired) electrons. The number of rotatable bonds is 1. The molecular weight excluding hydrogens is 130 g/mol. The van der Waals surface area contributed by atoms with Gasteiger partial charge in [-0.2, -0.15) is 5.90 Å². The van der Waals surface area contributed by atoms with Crippen LogP contribution in [0.3, 0.4) is 0 Å². The minimum absolute atomic E-state index is 0.0758. The van der Waals surface area contributed by atoms with Crippen LogP contribution in [0.5, 0.6) is 0 Å². The van der Waals surface area contributed by atoms with Crippen LogP contribution in [0, 0.1) is 5.41 Å². The molecular formula is C6H7N3O. The molecule has 0 spiro atoms. The Bertz CT molecular complexity index is 222. The summed E-state index contributed by atoms with van der Waals surface area (Å²) in [6, 6.07) is 3.41. The molecule has 1 aromatic heterocycles. The molecule has 3 N–H and O–H groups in total. The van der Waals surface area contributed by atoms with Gasteiger partial charge in [0, 0.05) is 12.4 Å². The zero-order chi connectivity index (χ0) is 7.40. The van der Waals surface area contributed by atoms with Gasteiger partial charge in [0.05, 0.1) is 5.56 Å². The van der Waals surface area contributed by atoms with Gasteiger partial charge in [-0.05, 0) is 12.1 Å². The molecule has 1 rings (SSSR count). The highest BCUT2D eigenvalue weighted by molar-refractivity contribution is 5.90. The van der Waals surface area contributed by atoms with E-state index in [1.165, 1.54) is 6.20 Å². The van der Waals surface area contributed by atoms with Crippen LogP contribution in [-0.2, 0) is 4.84 Å². The summed E-state index contributed by atoms with van der Waals surface area (Å²) in [5.74, 6) is 4.68. The molecule has 1 heterocycles. The van der Waals surface area contributed by atoms with Crippen molar-refractivity contribution >= 4 is 5.90 Å². The van der Waals surface area contributed by atoms with Gasteiger partial charge in [0.1, 0.15) is 0 Å². The number of pyridine rings is 1. The van der Waals surface area contributed by atoms with Gasteiger partial charge in [-0.15, -0.1) is 0 Å². The maximum absolute atomic E-state index is 7.09. The summed E-state index contributed by atoms with van der Waals surface area (Å²) >= 11 is 0. The lowest BCUT2D eigenvalue weighted by atomic mass is 10.3. The topological polar surface area (TPSA) is 72.0 Å². The SMILES string of the molecule is N=C(ON)c1cccnc1. The molecule has 0 bridgehead atoms. The number of hydrogen-bond donors (Lipinski definition) is 2. The quantitative estimate of drug-likeness (QED) is 0.332. The predicted molar refractivity (Wildman–Crippen MR) is 36.3 cm³/mol. The van der Waals surface area contributed by atoms with Gasteiger partial charge in [-0.3, -0.25) is 10.4 Å². The number of nitrogens with one attached hydrogen (secondary N) is 1. The summed E-state index contributed by atoms with van der Waals surface area (Å²) in [5, 5.41) is 7.09. The average molecular weight is 137 g/mol. The first-order valence-corrected chi connectivity index (χ1v) is 2.70. The lowest BCUT2D eigenvalue weighted by molar-refractivity contribution is 0.319. The summed E-state index contributed by atoms with van der Waals surface area (Å²) < 4.78 is 0. The molecule has 0 saturated heterocycles. The fourth-order valence-corrected chi connectivity index (χ4v) is 0.565. The van der Waals surface area contributed by atoms with Crippen molar-refractivity contribution in [1.29, 1.82) is 5.41 Å². The largest absolute Gasteiger partial charge is 0.391 e. The van der Waals surface area contributed by atoms with Crippen molar-refractivity contribution in [3.8, 4) is 0 Å². The minimum atomic E-state index is -0.0758. The van der Waals surface area contributed by atoms with Crippen LogP contribution in [0.2, 0.25) is 0 Å². The van der Waals surface area contributed by atoms with Crippen LogP contribution in [0.25, 0.3) is 0 Å². The second-order valence-electron chi connectivity index (χ2n) is 1.69. The van der Waals surface area contributed by atoms with E-state index < -0.39 is 0 Å². The molecule has 4 heteroatoms. The highest BCUT2D eigenvalue weighted by Crippen LogP contribution is 1.95. The molecule has 0 amide bonds. The van der Waals surface area contributed by atoms with Crippen LogP contribution >= 0.6 is 0 Å². The molecule has 0 aliphatic rings. The Balaban J connectivity index is 2.85. The zero-order valence-electron chi connectivity index (χ0n) is 5.24. The smallest absolute Gasteiger partial charge is 0.238 e. The number of nitrogens with two attached hydrogens (primary N) is 1. The predicted octanol–water partition coefficient (Wildman–Crippen LogP) is 0.297. The molecule has 0 aliphatic carbocycles. The molecule has 1 aromatic rings. The van der Waals surface area contributed by atoms with Crippen LogP contribution < -0.4 is 5.90 Å². The van der Waals surface area contributed by atoms with Gasteiger partial charge in [-0.25, -0.2) is 0 Å². The maximum atomic E-state index is 7.09. The van der Waals surface area contributed by atoms with E-state index in [0.717, 1.165) is 0 Å². The Morgan fingerprint density at radius 1 is 1.70 bits per heavy atom. The van der Waals surface area contributed by atoms with Crippen molar-refractivity contribution in [2.75, 3.05) is 0 Å². The Morgan fingerprint density at radius 2 is 2.50 bits per heavy atom. The number of nitrogens with zero attached hydrogens (tertiary/aromatic N) is 1. The van der Waals surface area contributed by atoms with Crippen LogP contribution in [0.4, 0.5) is 0 Å². The summed E-state index contributed by atoms with van der Waals surface area (Å²) in [7, 11) is 0. The maximum Gasteiger partial charge on any atom is 0.238 e. The standard InChI is InChI=1S/C6H7N3O/c7-6(10-8)5-2-1-3-9-4-5/h1-4,7H,8H2. The first kappa shape index (κ1) is 6.70. The van der Waals surface area contributed by atoms with E-state index in [2.05, 4.69) is 9.82 Å². The van der Waals surface area contributed by atoms with Gasteiger partial charge in [0.2, 0.25) is 5.90 Å². The molecule has 0 fully saturated rings. The van der Waals surface area contributed by atoms with E-state index in [-0.39, 0.29) is 5.90 Å². The Kier molecular flexibility index (Phi) is 1.96. The molecule has 10 heavy (non-hydrogen) atoms. The fourth-order valence-electron chi connectivity index (χ4n) is 0.565. The van der Waals surface area contributed by atoms with Gasteiger partial charge in [-0.1, -0.05) is 0 Å². The van der Waals surface area contributed by atoms with Crippen molar-refractivity contribution < 1.29 is 4.84 Å². The van der Waals surface area contributed by atoms with Gasteiger partial charge in [0.25, 0.3) is 0 Å². The summed E-state index contributed by atoms with van der Waals surface area (Å²) in [6.07, 6.45) is 3.13. The van der Waals surface area contributed by atoms with E-state index in [0.29, 0.717) is 5.56 Å². The van der Waals surface area contributed by atoms with E-state index in [1.54, 1.807) is 18.3 Å². The van der Waals surface area contributed by atoms with Crippen LogP contribution in [0.15, 0.2) is 24.5 Å². The average Bonchev–Trinajstić information content (AvgIpc) is 2.05. The Hall–Kier alpha value is -1.42. The first-order chi connectivity index (χ1) is 4.84. The third kappa shape index (κ3) is 1.29. The zero-order valence-corrected chi connectivity index (χ0v) is 5.24. The Labute approximate surface area is 58.1 Å². The highest BCUT2D eigenvalue weighted by Gasteiger charge is 1.97. The van der Waals surface area contributed by atoms with Gasteiger partial charge in [0.15, 0.2) is 0 Å². The van der Waals surface area contributed by atoms with Crippen LogP contribution in [0.1, 0.15) is 5.56 Å². The molecule has 0 saturated carbocycles. The summed E-state index contributed by atoms with van der Waals surface area (Å²) in [4.78, 5) is 7.96. The monoisotopic (exact) mass is 137 g/mol. The first-order valence-electron chi connectivity index (χ1n) is 2.70. The second-order valence-corrected chi connectivity index (χ2v) is 1.69. The number of hydrogen-bond acceptors (Lipinski definition) is 4. The van der Waals surface area contributed by atoms with Crippen molar-refractivity contribution in [3.63, 3.8) is 0 Å². The fraction of sp³-hybridized carbons (Fsp3) is 0. The normalized spacial score (nSPS) is 8.90. The molecule has 0 aromatic carbocycles. The molecule has 0 aliphatic heterocycles. The van der Waals surface area contributed by atoms with Crippen molar-refractivity contribution in [3.05, 3.63) is 30.1 Å². The van der Waals surface area contributed by atoms with E-state index in [9.17, 15) is 0 Å². The van der Waals surface area contributed by atoms with Crippen molar-refractivity contribution in [1.82, 2.24) is 4.98 Å². The summed E-state index contributed by atoms with van der Waals surface area (Å²) in [5.41, 5.74) is 0.574. The van der Waals surface area contributed by atoms with Gasteiger partial charge < -0.3 is 4.84 Å². The lowest BCUT2D eigenvalue weighted by Crippen LogP contribution is -2.09. The highest BCUT2D eigenvalue weighted by atomic mass is 16.6. The van der Waals surface area contributed by atoms with Gasteiger partial charge >= 0.3 is 0 Å². The van der Waals surface area contributed by atoms with E-state index in [4.69, 9.17) is 11.3 Å². The van der Waals surface area contributed by atoms with E-state index >= 15 is 0 Å². The third-order valence-electron chi connectivity index (χ3n) is 1.04. The molecule has 0 unspecified atom stereocenters. The molecule has 0 atom stereocenters. The van der Waals surface area contributed by atoms with E-state index in [1.807, 2.05) is 0 Å². The summed E-state index contributed by atoms with van der Waals surface area (Å²) in [6.45, 7) is 0. The Morgan fingerprint density at radius 3 is 3.00 bits per heavy atom. The molecule has 52 valence electrons. The molecule has 4 nitrogen and oxygen atoms in total. The van der Waals surface area contributed by atoms with Crippen molar-refractivity contribution in [2.24, 2.45) is 5.90 Å². The minimum Gasteiger partial charge on any atom is -0.391 e. The third-order valence-corrected chi connectivity index (χ3v) is 1.04. The lowest BCUT2D eigenvalue weighted by Gasteiger charge is -1.97. The second kappa shape index (κ2) is 2.93. The van der Waals surface area contributed by atoms with Crippen LogP contribution in [-0.4, -0.2) is 10.9 Å². The number of aromatic nitrogens is 1. The van der Waals surface area contributed by atoms with Crippen molar-refractivity contribution in [2.45, 2.75) is 0 Å².